The van der Waals surface area contributed by atoms with Crippen LogP contribution in [0.15, 0.2) is 53.0 Å². The Morgan fingerprint density at radius 3 is 2.47 bits per heavy atom. The number of nitrogens with zero attached hydrogens (tertiary/aromatic N) is 2. The molecule has 0 bridgehead atoms. The van der Waals surface area contributed by atoms with E-state index in [9.17, 15) is 18.0 Å². The van der Waals surface area contributed by atoms with Gasteiger partial charge in [-0.05, 0) is 56.0 Å². The highest BCUT2D eigenvalue weighted by atomic mass is 79.9. The molecule has 0 saturated heterocycles. The molecule has 1 aliphatic carbocycles. The van der Waals surface area contributed by atoms with Gasteiger partial charge in [-0.1, -0.05) is 53.4 Å². The van der Waals surface area contributed by atoms with Crippen molar-refractivity contribution in [1.29, 1.82) is 0 Å². The predicted molar refractivity (Wildman–Crippen MR) is 154 cm³/mol. The van der Waals surface area contributed by atoms with Gasteiger partial charge < -0.3 is 15.0 Å². The van der Waals surface area contributed by atoms with Crippen molar-refractivity contribution in [2.24, 2.45) is 0 Å². The molecule has 208 valence electrons. The first-order valence-electron chi connectivity index (χ1n) is 13.0. The molecule has 2 aromatic rings. The number of anilines is 1. The summed E-state index contributed by atoms with van der Waals surface area (Å²) in [4.78, 5) is 28.2. The van der Waals surface area contributed by atoms with E-state index < -0.39 is 16.1 Å². The highest BCUT2D eigenvalue weighted by molar-refractivity contribution is 9.10. The number of sulfonamides is 1. The Bertz CT molecular complexity index is 1200. The van der Waals surface area contributed by atoms with Crippen molar-refractivity contribution >= 4 is 43.5 Å². The minimum absolute atomic E-state index is 0.102. The fraction of sp³-hybridized carbons (Fsp3) is 0.500. The molecule has 1 aliphatic rings. The molecule has 38 heavy (non-hydrogen) atoms. The van der Waals surface area contributed by atoms with Gasteiger partial charge in [0.1, 0.15) is 11.8 Å². The number of nitrogens with one attached hydrogen (secondary N) is 1. The second-order valence-electron chi connectivity index (χ2n) is 9.81. The van der Waals surface area contributed by atoms with E-state index >= 15 is 0 Å². The molecule has 1 saturated carbocycles. The van der Waals surface area contributed by atoms with E-state index in [1.54, 1.807) is 36.1 Å². The van der Waals surface area contributed by atoms with Crippen LogP contribution in [0.4, 0.5) is 5.69 Å². The summed E-state index contributed by atoms with van der Waals surface area (Å²) in [5.74, 6) is 0.190. The third-order valence-electron chi connectivity index (χ3n) is 6.85. The van der Waals surface area contributed by atoms with Crippen molar-refractivity contribution in [2.45, 2.75) is 70.5 Å². The number of ether oxygens (including phenoxy) is 1. The standard InChI is InChI=1S/C28H38BrN3O5S/c1-21(28(34)30-24-12-5-4-6-13-24)31(20-22-10-7-11-23(29)18-22)27(33)16-9-17-32(38(3,35)36)25-14-8-15-26(19-25)37-2/h7-8,10-11,14-15,18-19,21,24H,4-6,9,12-13,16-17,20H2,1-3H3,(H,30,34). The molecule has 10 heteroatoms. The Kier molecular flexibility index (Phi) is 11.0. The summed E-state index contributed by atoms with van der Waals surface area (Å²) in [6, 6.07) is 14.0. The van der Waals surface area contributed by atoms with Gasteiger partial charge >= 0.3 is 0 Å². The lowest BCUT2D eigenvalue weighted by molar-refractivity contribution is -0.141. The third-order valence-corrected chi connectivity index (χ3v) is 8.54. The smallest absolute Gasteiger partial charge is 0.242 e. The summed E-state index contributed by atoms with van der Waals surface area (Å²) in [5, 5.41) is 3.14. The van der Waals surface area contributed by atoms with E-state index in [-0.39, 0.29) is 37.4 Å². The molecular weight excluding hydrogens is 570 g/mol. The van der Waals surface area contributed by atoms with Crippen molar-refractivity contribution in [3.8, 4) is 5.75 Å². The van der Waals surface area contributed by atoms with Crippen LogP contribution in [-0.4, -0.2) is 57.1 Å². The van der Waals surface area contributed by atoms with Gasteiger partial charge in [0.05, 0.1) is 19.1 Å². The van der Waals surface area contributed by atoms with Crippen molar-refractivity contribution in [2.75, 3.05) is 24.2 Å². The number of rotatable bonds is 12. The Labute approximate surface area is 234 Å². The maximum atomic E-state index is 13.5. The molecule has 1 unspecified atom stereocenters. The quantitative estimate of drug-likeness (QED) is 0.371. The van der Waals surface area contributed by atoms with Crippen LogP contribution in [-0.2, 0) is 26.2 Å². The largest absolute Gasteiger partial charge is 0.497 e. The van der Waals surface area contributed by atoms with Crippen molar-refractivity contribution in [1.82, 2.24) is 10.2 Å². The van der Waals surface area contributed by atoms with Crippen LogP contribution >= 0.6 is 15.9 Å². The lowest BCUT2D eigenvalue weighted by Gasteiger charge is -2.31. The maximum Gasteiger partial charge on any atom is 0.242 e. The Morgan fingerprint density at radius 2 is 1.82 bits per heavy atom. The van der Waals surface area contributed by atoms with Gasteiger partial charge in [-0.15, -0.1) is 0 Å². The number of methoxy groups -OCH3 is 1. The second-order valence-corrected chi connectivity index (χ2v) is 12.6. The van der Waals surface area contributed by atoms with E-state index in [4.69, 9.17) is 4.74 Å². The van der Waals surface area contributed by atoms with Crippen molar-refractivity contribution < 1.29 is 22.7 Å². The van der Waals surface area contributed by atoms with Gasteiger partial charge in [0.25, 0.3) is 0 Å². The summed E-state index contributed by atoms with van der Waals surface area (Å²) in [7, 11) is -2.06. The fourth-order valence-electron chi connectivity index (χ4n) is 4.75. The maximum absolute atomic E-state index is 13.5. The van der Waals surface area contributed by atoms with E-state index in [1.807, 2.05) is 24.3 Å². The minimum atomic E-state index is -3.58. The zero-order valence-electron chi connectivity index (χ0n) is 22.4. The molecule has 3 rings (SSSR count). The molecule has 8 nitrogen and oxygen atoms in total. The monoisotopic (exact) mass is 607 g/mol. The highest BCUT2D eigenvalue weighted by Crippen LogP contribution is 2.24. The van der Waals surface area contributed by atoms with Crippen LogP contribution in [0.5, 0.6) is 5.75 Å². The normalized spacial score (nSPS) is 14.9. The average Bonchev–Trinajstić information content (AvgIpc) is 2.89. The number of carbonyl (C=O) groups excluding carboxylic acids is 2. The van der Waals surface area contributed by atoms with E-state index in [0.29, 0.717) is 17.9 Å². The van der Waals surface area contributed by atoms with Gasteiger partial charge in [0, 0.05) is 36.1 Å². The number of hydrogen-bond acceptors (Lipinski definition) is 5. The molecule has 0 aromatic heterocycles. The molecule has 0 radical (unpaired) electrons. The Morgan fingerprint density at radius 1 is 1.11 bits per heavy atom. The molecule has 0 heterocycles. The summed E-state index contributed by atoms with van der Waals surface area (Å²) in [6.45, 7) is 2.17. The minimum Gasteiger partial charge on any atom is -0.497 e. The highest BCUT2D eigenvalue weighted by Gasteiger charge is 2.28. The van der Waals surface area contributed by atoms with E-state index in [1.165, 1.54) is 17.8 Å². The molecular formula is C28H38BrN3O5S. The molecule has 1 atom stereocenters. The van der Waals surface area contributed by atoms with Gasteiger partial charge in [-0.25, -0.2) is 8.42 Å². The van der Waals surface area contributed by atoms with Gasteiger partial charge in [0.2, 0.25) is 21.8 Å². The van der Waals surface area contributed by atoms with Crippen molar-refractivity contribution in [3.63, 3.8) is 0 Å². The van der Waals surface area contributed by atoms with E-state index in [0.717, 1.165) is 42.0 Å². The van der Waals surface area contributed by atoms with Crippen LogP contribution in [0.3, 0.4) is 0 Å². The zero-order chi connectivity index (χ0) is 27.7. The van der Waals surface area contributed by atoms with Crippen molar-refractivity contribution in [3.05, 3.63) is 58.6 Å². The van der Waals surface area contributed by atoms with E-state index in [2.05, 4.69) is 21.2 Å². The number of hydrogen-bond donors (Lipinski definition) is 1. The molecule has 1 N–H and O–H groups in total. The first-order valence-corrected chi connectivity index (χ1v) is 15.7. The third kappa shape index (κ3) is 8.73. The fourth-order valence-corrected chi connectivity index (χ4v) is 6.16. The number of carbonyl (C=O) groups is 2. The molecule has 0 spiro atoms. The molecule has 1 fully saturated rings. The zero-order valence-corrected chi connectivity index (χ0v) is 24.8. The lowest BCUT2D eigenvalue weighted by atomic mass is 9.95. The summed E-state index contributed by atoms with van der Waals surface area (Å²) >= 11 is 3.48. The first-order chi connectivity index (χ1) is 18.1. The topological polar surface area (TPSA) is 96.0 Å². The van der Waals surface area contributed by atoms with Gasteiger partial charge in [-0.2, -0.15) is 0 Å². The molecule has 2 aromatic carbocycles. The lowest BCUT2D eigenvalue weighted by Crippen LogP contribution is -2.50. The van der Waals surface area contributed by atoms with Crippen LogP contribution in [0.25, 0.3) is 0 Å². The first kappa shape index (κ1) is 30.0. The second kappa shape index (κ2) is 14.0. The summed E-state index contributed by atoms with van der Waals surface area (Å²) in [5.41, 5.74) is 1.38. The number of benzene rings is 2. The number of halogens is 1. The van der Waals surface area contributed by atoms with Crippen LogP contribution in [0.2, 0.25) is 0 Å². The Balaban J connectivity index is 1.72. The summed E-state index contributed by atoms with van der Waals surface area (Å²) in [6.07, 6.45) is 6.86. The molecule has 2 amide bonds. The SMILES string of the molecule is COc1cccc(N(CCCC(=O)N(Cc2cccc(Br)c2)C(C)C(=O)NC2CCCCC2)S(C)(=O)=O)c1. The van der Waals surface area contributed by atoms with Crippen LogP contribution in [0, 0.1) is 0 Å². The van der Waals surface area contributed by atoms with Gasteiger partial charge in [0.15, 0.2) is 0 Å². The van der Waals surface area contributed by atoms with Crippen LogP contribution in [0.1, 0.15) is 57.4 Å². The van der Waals surface area contributed by atoms with Crippen LogP contribution < -0.4 is 14.4 Å². The number of amides is 2. The Hall–Kier alpha value is -2.59. The molecule has 0 aliphatic heterocycles. The average molecular weight is 609 g/mol. The van der Waals surface area contributed by atoms with Gasteiger partial charge in [-0.3, -0.25) is 13.9 Å². The predicted octanol–water partition coefficient (Wildman–Crippen LogP) is 4.87. The summed E-state index contributed by atoms with van der Waals surface area (Å²) < 4.78 is 32.5.